The molecule has 1 aromatic heterocycles. The maximum atomic E-state index is 11.7. The number of nitro groups is 1. The molecule has 106 valence electrons. The van der Waals surface area contributed by atoms with Gasteiger partial charge in [-0.15, -0.1) is 0 Å². The highest BCUT2D eigenvalue weighted by molar-refractivity contribution is 5.94. The van der Waals surface area contributed by atoms with Crippen molar-refractivity contribution in [2.45, 2.75) is 0 Å². The normalized spacial score (nSPS) is 10.5. The predicted molar refractivity (Wildman–Crippen MR) is 74.1 cm³/mol. The molecule has 0 atom stereocenters. The van der Waals surface area contributed by atoms with Crippen molar-refractivity contribution in [1.29, 1.82) is 0 Å². The molecule has 8 heteroatoms. The summed E-state index contributed by atoms with van der Waals surface area (Å²) in [5, 5.41) is 23.8. The topological polar surface area (TPSA) is 118 Å². The van der Waals surface area contributed by atoms with Gasteiger partial charge in [0.15, 0.2) is 0 Å². The lowest BCUT2D eigenvalue weighted by Gasteiger charge is -2.00. The molecule has 0 bridgehead atoms. The lowest BCUT2D eigenvalue weighted by Crippen LogP contribution is -2.17. The number of aromatic nitrogens is 1. The second kappa shape index (κ2) is 6.24. The van der Waals surface area contributed by atoms with Gasteiger partial charge in [0.1, 0.15) is 5.75 Å². The van der Waals surface area contributed by atoms with E-state index in [1.807, 2.05) is 0 Å². The molecule has 1 aromatic carbocycles. The number of carbonyl (C=O) groups is 1. The highest BCUT2D eigenvalue weighted by Gasteiger charge is 2.09. The molecule has 0 unspecified atom stereocenters. The lowest BCUT2D eigenvalue weighted by atomic mass is 10.2. The molecule has 2 aromatic rings. The van der Waals surface area contributed by atoms with E-state index >= 15 is 0 Å². The Morgan fingerprint density at radius 2 is 2.24 bits per heavy atom. The minimum atomic E-state index is -0.592. The van der Waals surface area contributed by atoms with Gasteiger partial charge in [0.05, 0.1) is 16.7 Å². The Labute approximate surface area is 118 Å². The number of nitrogens with one attached hydrogen (secondary N) is 1. The molecule has 2 N–H and O–H groups in total. The fourth-order valence-electron chi connectivity index (χ4n) is 1.48. The molecule has 2 rings (SSSR count). The van der Waals surface area contributed by atoms with Crippen molar-refractivity contribution in [3.63, 3.8) is 0 Å². The molecule has 0 saturated heterocycles. The minimum absolute atomic E-state index is 0.121. The summed E-state index contributed by atoms with van der Waals surface area (Å²) in [6, 6.07) is 6.66. The molecule has 0 saturated carbocycles. The van der Waals surface area contributed by atoms with Crippen LogP contribution in [0.1, 0.15) is 15.9 Å². The number of non-ortho nitro benzene ring substituents is 1. The van der Waals surface area contributed by atoms with Gasteiger partial charge < -0.3 is 5.11 Å². The van der Waals surface area contributed by atoms with Crippen molar-refractivity contribution in [1.82, 2.24) is 10.4 Å². The molecule has 8 nitrogen and oxygen atoms in total. The van der Waals surface area contributed by atoms with Gasteiger partial charge in [-0.2, -0.15) is 5.10 Å². The molecule has 1 amide bonds. The summed E-state index contributed by atoms with van der Waals surface area (Å²) in [6.07, 6.45) is 4.02. The second-order valence-electron chi connectivity index (χ2n) is 3.94. The second-order valence-corrected chi connectivity index (χ2v) is 3.94. The summed E-state index contributed by atoms with van der Waals surface area (Å²) in [7, 11) is 0. The van der Waals surface area contributed by atoms with E-state index in [9.17, 15) is 20.0 Å². The average Bonchev–Trinajstić information content (AvgIpc) is 2.49. The van der Waals surface area contributed by atoms with Crippen LogP contribution < -0.4 is 5.43 Å². The number of nitrogens with zero attached hydrogens (tertiary/aromatic N) is 3. The minimum Gasteiger partial charge on any atom is -0.507 e. The van der Waals surface area contributed by atoms with Crippen LogP contribution in [0.15, 0.2) is 47.8 Å². The van der Waals surface area contributed by atoms with Crippen LogP contribution in [0, 0.1) is 10.1 Å². The first-order chi connectivity index (χ1) is 10.1. The van der Waals surface area contributed by atoms with Crippen LogP contribution in [0.25, 0.3) is 0 Å². The van der Waals surface area contributed by atoms with Gasteiger partial charge in [-0.1, -0.05) is 0 Å². The first-order valence-corrected chi connectivity index (χ1v) is 5.79. The zero-order valence-electron chi connectivity index (χ0n) is 10.6. The van der Waals surface area contributed by atoms with Crippen molar-refractivity contribution in [2.24, 2.45) is 5.10 Å². The van der Waals surface area contributed by atoms with Gasteiger partial charge in [-0.3, -0.25) is 19.9 Å². The number of nitro benzene ring substituents is 1. The Morgan fingerprint density at radius 1 is 1.43 bits per heavy atom. The van der Waals surface area contributed by atoms with Crippen molar-refractivity contribution in [3.8, 4) is 5.75 Å². The van der Waals surface area contributed by atoms with Gasteiger partial charge in [0, 0.05) is 30.1 Å². The summed E-state index contributed by atoms with van der Waals surface area (Å²) in [6.45, 7) is 0. The standard InChI is InChI=1S/C13H10N4O4/c18-12-4-3-11(17(20)21)6-10(12)8-15-16-13(19)9-2-1-5-14-7-9/h1-8,18H,(H,16,19)/b15-8-. The number of amides is 1. The maximum absolute atomic E-state index is 11.7. The van der Waals surface area contributed by atoms with Crippen LogP contribution in [0.3, 0.4) is 0 Å². The highest BCUT2D eigenvalue weighted by Crippen LogP contribution is 2.21. The van der Waals surface area contributed by atoms with E-state index in [1.54, 1.807) is 12.1 Å². The fraction of sp³-hybridized carbons (Fsp3) is 0. The first-order valence-electron chi connectivity index (χ1n) is 5.79. The van der Waals surface area contributed by atoms with Crippen LogP contribution >= 0.6 is 0 Å². The zero-order chi connectivity index (χ0) is 15.2. The summed E-state index contributed by atoms with van der Waals surface area (Å²) in [4.78, 5) is 25.5. The Hall–Kier alpha value is -3.29. The third-order valence-electron chi connectivity index (χ3n) is 2.52. The number of phenolic OH excluding ortho intramolecular Hbond substituents is 1. The Kier molecular flexibility index (Phi) is 4.20. The van der Waals surface area contributed by atoms with E-state index in [0.29, 0.717) is 5.56 Å². The molecule has 0 aliphatic rings. The van der Waals surface area contributed by atoms with E-state index < -0.39 is 10.8 Å². The summed E-state index contributed by atoms with van der Waals surface area (Å²) < 4.78 is 0. The molecule has 0 aliphatic carbocycles. The van der Waals surface area contributed by atoms with E-state index in [4.69, 9.17) is 0 Å². The number of aromatic hydroxyl groups is 1. The number of hydrogen-bond acceptors (Lipinski definition) is 6. The highest BCUT2D eigenvalue weighted by atomic mass is 16.6. The largest absolute Gasteiger partial charge is 0.507 e. The number of phenols is 1. The number of hydrazone groups is 1. The Bertz CT molecular complexity index is 701. The quantitative estimate of drug-likeness (QED) is 0.501. The number of benzene rings is 1. The van der Waals surface area contributed by atoms with Crippen LogP contribution in [0.4, 0.5) is 5.69 Å². The first kappa shape index (κ1) is 14.1. The van der Waals surface area contributed by atoms with Crippen LogP contribution in [0.5, 0.6) is 5.75 Å². The summed E-state index contributed by atoms with van der Waals surface area (Å²) in [5.74, 6) is -0.663. The Morgan fingerprint density at radius 3 is 2.90 bits per heavy atom. The van der Waals surface area contributed by atoms with Crippen LogP contribution in [0.2, 0.25) is 0 Å². The molecular formula is C13H10N4O4. The fourth-order valence-corrected chi connectivity index (χ4v) is 1.48. The molecule has 1 heterocycles. The number of pyridine rings is 1. The van der Waals surface area contributed by atoms with E-state index in [1.165, 1.54) is 24.5 Å². The smallest absolute Gasteiger partial charge is 0.272 e. The van der Waals surface area contributed by atoms with Gasteiger partial charge in [0.25, 0.3) is 11.6 Å². The third-order valence-corrected chi connectivity index (χ3v) is 2.52. The van der Waals surface area contributed by atoms with Gasteiger partial charge in [-0.05, 0) is 18.2 Å². The lowest BCUT2D eigenvalue weighted by molar-refractivity contribution is -0.384. The van der Waals surface area contributed by atoms with Crippen molar-refractivity contribution >= 4 is 17.8 Å². The van der Waals surface area contributed by atoms with E-state index in [0.717, 1.165) is 12.3 Å². The molecule has 0 spiro atoms. The maximum Gasteiger partial charge on any atom is 0.272 e. The van der Waals surface area contributed by atoms with Crippen LogP contribution in [-0.2, 0) is 0 Å². The number of hydrogen-bond donors (Lipinski definition) is 2. The molecule has 0 radical (unpaired) electrons. The molecule has 0 aliphatic heterocycles. The number of rotatable bonds is 4. The zero-order valence-corrected chi connectivity index (χ0v) is 10.6. The predicted octanol–water partition coefficient (Wildman–Crippen LogP) is 1.46. The third kappa shape index (κ3) is 3.60. The molecular weight excluding hydrogens is 276 g/mol. The Balaban J connectivity index is 2.10. The monoisotopic (exact) mass is 286 g/mol. The van der Waals surface area contributed by atoms with Crippen molar-refractivity contribution < 1.29 is 14.8 Å². The molecule has 0 fully saturated rings. The summed E-state index contributed by atoms with van der Waals surface area (Å²) in [5.41, 5.74) is 2.48. The molecule has 21 heavy (non-hydrogen) atoms. The number of carbonyl (C=O) groups excluding carboxylic acids is 1. The van der Waals surface area contributed by atoms with Crippen molar-refractivity contribution in [2.75, 3.05) is 0 Å². The average molecular weight is 286 g/mol. The van der Waals surface area contributed by atoms with Gasteiger partial charge in [-0.25, -0.2) is 5.43 Å². The summed E-state index contributed by atoms with van der Waals surface area (Å²) >= 11 is 0. The van der Waals surface area contributed by atoms with Gasteiger partial charge >= 0.3 is 0 Å². The van der Waals surface area contributed by atoms with E-state index in [2.05, 4.69) is 15.5 Å². The van der Waals surface area contributed by atoms with Gasteiger partial charge in [0.2, 0.25) is 0 Å². The van der Waals surface area contributed by atoms with E-state index in [-0.39, 0.29) is 17.0 Å². The van der Waals surface area contributed by atoms with Crippen molar-refractivity contribution in [3.05, 3.63) is 64.0 Å². The SMILES string of the molecule is O=C(N/N=C\c1cc([N+](=O)[O-])ccc1O)c1cccnc1. The van der Waals surface area contributed by atoms with Crippen LogP contribution in [-0.4, -0.2) is 27.1 Å².